The van der Waals surface area contributed by atoms with Gasteiger partial charge in [-0.1, -0.05) is 23.7 Å². The highest BCUT2D eigenvalue weighted by Crippen LogP contribution is 2.19. The lowest BCUT2D eigenvalue weighted by atomic mass is 10.1. The largest absolute Gasteiger partial charge is 0.347 e. The van der Waals surface area contributed by atoms with Crippen LogP contribution in [-0.4, -0.2) is 18.4 Å². The number of nitrogens with one attached hydrogen (secondary N) is 2. The summed E-state index contributed by atoms with van der Waals surface area (Å²) in [5.74, 6) is -6.89. The Morgan fingerprint density at radius 3 is 2.25 bits per heavy atom. The van der Waals surface area contributed by atoms with E-state index < -0.39 is 35.0 Å². The molecule has 0 radical (unpaired) electrons. The van der Waals surface area contributed by atoms with Crippen molar-refractivity contribution in [2.24, 2.45) is 0 Å². The molecule has 0 bridgehead atoms. The highest BCUT2D eigenvalue weighted by atomic mass is 35.5. The molecule has 8 heteroatoms. The van der Waals surface area contributed by atoms with Gasteiger partial charge in [-0.15, -0.1) is 0 Å². The molecule has 24 heavy (non-hydrogen) atoms. The molecule has 0 heterocycles. The molecule has 2 aromatic carbocycles. The van der Waals surface area contributed by atoms with Crippen LogP contribution < -0.4 is 10.6 Å². The van der Waals surface area contributed by atoms with Gasteiger partial charge in [0, 0.05) is 11.6 Å². The van der Waals surface area contributed by atoms with Crippen LogP contribution in [0.15, 0.2) is 36.4 Å². The molecule has 0 atom stereocenters. The fraction of sp³-hybridized carbons (Fsp3) is 0.125. The van der Waals surface area contributed by atoms with E-state index in [1.165, 1.54) is 0 Å². The van der Waals surface area contributed by atoms with E-state index in [9.17, 15) is 22.8 Å². The van der Waals surface area contributed by atoms with E-state index in [1.807, 2.05) is 5.32 Å². The topological polar surface area (TPSA) is 58.2 Å². The SMILES string of the molecule is O=C(NCCc1ccc(Cl)cc1)C(=O)Nc1ccc(F)c(F)c1F. The van der Waals surface area contributed by atoms with Crippen LogP contribution in [0.3, 0.4) is 0 Å². The van der Waals surface area contributed by atoms with Crippen molar-refractivity contribution in [3.8, 4) is 0 Å². The highest BCUT2D eigenvalue weighted by Gasteiger charge is 2.18. The van der Waals surface area contributed by atoms with Gasteiger partial charge in [-0.2, -0.15) is 0 Å². The summed E-state index contributed by atoms with van der Waals surface area (Å²) in [5, 5.41) is 4.80. The van der Waals surface area contributed by atoms with Gasteiger partial charge in [-0.3, -0.25) is 9.59 Å². The van der Waals surface area contributed by atoms with Crippen molar-refractivity contribution in [1.29, 1.82) is 0 Å². The molecule has 0 aliphatic carbocycles. The third-order valence-electron chi connectivity index (χ3n) is 3.10. The van der Waals surface area contributed by atoms with Gasteiger partial charge in [0.2, 0.25) is 0 Å². The fourth-order valence-corrected chi connectivity index (χ4v) is 1.98. The minimum Gasteiger partial charge on any atom is -0.347 e. The maximum atomic E-state index is 13.4. The Morgan fingerprint density at radius 1 is 0.917 bits per heavy atom. The second-order valence-electron chi connectivity index (χ2n) is 4.81. The maximum Gasteiger partial charge on any atom is 0.313 e. The van der Waals surface area contributed by atoms with Crippen molar-refractivity contribution < 1.29 is 22.8 Å². The van der Waals surface area contributed by atoms with Gasteiger partial charge in [0.05, 0.1) is 5.69 Å². The van der Waals surface area contributed by atoms with Crippen LogP contribution in [-0.2, 0) is 16.0 Å². The molecule has 2 amide bonds. The van der Waals surface area contributed by atoms with E-state index in [-0.39, 0.29) is 6.54 Å². The third-order valence-corrected chi connectivity index (χ3v) is 3.35. The van der Waals surface area contributed by atoms with Crippen molar-refractivity contribution in [2.45, 2.75) is 6.42 Å². The lowest BCUT2D eigenvalue weighted by molar-refractivity contribution is -0.136. The quantitative estimate of drug-likeness (QED) is 0.653. The smallest absolute Gasteiger partial charge is 0.313 e. The predicted octanol–water partition coefficient (Wildman–Crippen LogP) is 3.05. The van der Waals surface area contributed by atoms with Gasteiger partial charge >= 0.3 is 11.8 Å². The van der Waals surface area contributed by atoms with Gasteiger partial charge in [0.25, 0.3) is 0 Å². The van der Waals surface area contributed by atoms with Crippen LogP contribution >= 0.6 is 11.6 Å². The number of carbonyl (C=O) groups is 2. The van der Waals surface area contributed by atoms with Crippen LogP contribution in [0.4, 0.5) is 18.9 Å². The van der Waals surface area contributed by atoms with E-state index >= 15 is 0 Å². The standard InChI is InChI=1S/C16H12ClF3N2O2/c17-10-3-1-9(2-4-10)7-8-21-15(23)16(24)22-12-6-5-11(18)13(19)14(12)20/h1-6H,7-8H2,(H,21,23)(H,22,24). The Morgan fingerprint density at radius 2 is 1.58 bits per heavy atom. The summed E-state index contributed by atoms with van der Waals surface area (Å²) in [5.41, 5.74) is 0.276. The Balaban J connectivity index is 1.87. The lowest BCUT2D eigenvalue weighted by Gasteiger charge is -2.08. The van der Waals surface area contributed by atoms with Crippen molar-refractivity contribution in [2.75, 3.05) is 11.9 Å². The average Bonchev–Trinajstić information content (AvgIpc) is 2.57. The molecule has 2 rings (SSSR count). The summed E-state index contributed by atoms with van der Waals surface area (Å²) < 4.78 is 39.3. The van der Waals surface area contributed by atoms with Gasteiger partial charge < -0.3 is 10.6 Å². The number of benzene rings is 2. The first-order valence-corrected chi connectivity index (χ1v) is 7.23. The first kappa shape index (κ1) is 17.8. The number of hydrogen-bond donors (Lipinski definition) is 2. The first-order chi connectivity index (χ1) is 11.4. The van der Waals surface area contributed by atoms with Gasteiger partial charge in [0.1, 0.15) is 0 Å². The van der Waals surface area contributed by atoms with E-state index in [1.54, 1.807) is 24.3 Å². The lowest BCUT2D eigenvalue weighted by Crippen LogP contribution is -2.36. The van der Waals surface area contributed by atoms with Crippen LogP contribution in [0.25, 0.3) is 0 Å². The molecule has 126 valence electrons. The number of halogens is 4. The zero-order valence-corrected chi connectivity index (χ0v) is 13.0. The minimum absolute atomic E-state index is 0.161. The van der Waals surface area contributed by atoms with Crippen molar-refractivity contribution in [3.63, 3.8) is 0 Å². The molecular formula is C16H12ClF3N2O2. The molecule has 0 aliphatic rings. The number of amides is 2. The number of anilines is 1. The van der Waals surface area contributed by atoms with Crippen LogP contribution in [0.2, 0.25) is 5.02 Å². The zero-order valence-electron chi connectivity index (χ0n) is 12.2. The Kier molecular flexibility index (Phi) is 5.81. The molecule has 4 nitrogen and oxygen atoms in total. The van der Waals surface area contributed by atoms with E-state index in [2.05, 4.69) is 5.32 Å². The summed E-state index contributed by atoms with van der Waals surface area (Å²) in [6.45, 7) is 0.161. The minimum atomic E-state index is -1.73. The average molecular weight is 357 g/mol. The summed E-state index contributed by atoms with van der Waals surface area (Å²) >= 11 is 5.74. The van der Waals surface area contributed by atoms with E-state index in [4.69, 9.17) is 11.6 Å². The molecule has 0 aliphatic heterocycles. The second kappa shape index (κ2) is 7.83. The first-order valence-electron chi connectivity index (χ1n) is 6.85. The number of hydrogen-bond acceptors (Lipinski definition) is 2. The van der Waals surface area contributed by atoms with Crippen LogP contribution in [0, 0.1) is 17.5 Å². The second-order valence-corrected chi connectivity index (χ2v) is 5.25. The van der Waals surface area contributed by atoms with Crippen LogP contribution in [0.1, 0.15) is 5.56 Å². The Bertz CT molecular complexity index is 767. The predicted molar refractivity (Wildman–Crippen MR) is 83.1 cm³/mol. The molecule has 2 aromatic rings. The van der Waals surface area contributed by atoms with E-state index in [0.29, 0.717) is 17.5 Å². The Labute approximate surface area is 140 Å². The summed E-state index contributed by atoms with van der Waals surface area (Å²) in [4.78, 5) is 23.2. The number of rotatable bonds is 4. The third kappa shape index (κ3) is 4.48. The normalized spacial score (nSPS) is 10.3. The van der Waals surface area contributed by atoms with Crippen LogP contribution in [0.5, 0.6) is 0 Å². The molecule has 0 saturated heterocycles. The van der Waals surface area contributed by atoms with Crippen molar-refractivity contribution in [3.05, 3.63) is 64.4 Å². The Hall–Kier alpha value is -2.54. The van der Waals surface area contributed by atoms with Crippen molar-refractivity contribution in [1.82, 2.24) is 5.32 Å². The number of carbonyl (C=O) groups excluding carboxylic acids is 2. The van der Waals surface area contributed by atoms with Crippen molar-refractivity contribution >= 4 is 29.1 Å². The molecule has 0 spiro atoms. The summed E-state index contributed by atoms with van der Waals surface area (Å²) in [6.07, 6.45) is 0.454. The van der Waals surface area contributed by atoms with E-state index in [0.717, 1.165) is 11.6 Å². The molecule has 0 saturated carbocycles. The fourth-order valence-electron chi connectivity index (χ4n) is 1.85. The molecule has 2 N–H and O–H groups in total. The molecule has 0 fully saturated rings. The summed E-state index contributed by atoms with van der Waals surface area (Å²) in [6, 6.07) is 8.39. The monoisotopic (exact) mass is 356 g/mol. The van der Waals surface area contributed by atoms with Gasteiger partial charge in [-0.05, 0) is 36.2 Å². The zero-order chi connectivity index (χ0) is 17.7. The molecule has 0 aromatic heterocycles. The highest BCUT2D eigenvalue weighted by molar-refractivity contribution is 6.39. The molecule has 0 unspecified atom stereocenters. The maximum absolute atomic E-state index is 13.4. The molecular weight excluding hydrogens is 345 g/mol. The summed E-state index contributed by atoms with van der Waals surface area (Å²) in [7, 11) is 0. The van der Waals surface area contributed by atoms with Gasteiger partial charge in [0.15, 0.2) is 17.5 Å². The van der Waals surface area contributed by atoms with Gasteiger partial charge in [-0.25, -0.2) is 13.2 Å².